The third kappa shape index (κ3) is 4.03. The van der Waals surface area contributed by atoms with E-state index >= 15 is 0 Å². The zero-order chi connectivity index (χ0) is 13.7. The fourth-order valence-corrected chi connectivity index (χ4v) is 3.18. The molecule has 0 saturated heterocycles. The Bertz CT molecular complexity index is 548. The molecular weight excluding hydrogens is 259 g/mol. The van der Waals surface area contributed by atoms with Crippen molar-refractivity contribution in [3.05, 3.63) is 71.8 Å². The van der Waals surface area contributed by atoms with Crippen molar-refractivity contribution in [3.63, 3.8) is 0 Å². The lowest BCUT2D eigenvalue weighted by atomic mass is 10.0. The zero-order valence-electron chi connectivity index (χ0n) is 10.5. The third-order valence-corrected chi connectivity index (χ3v) is 4.51. The van der Waals surface area contributed by atoms with E-state index < -0.39 is 13.3 Å². The molecule has 0 aromatic heterocycles. The maximum Gasteiger partial charge on any atom is 0.332 e. The number of benzene rings is 2. The lowest BCUT2D eigenvalue weighted by Crippen LogP contribution is -2.02. The van der Waals surface area contributed by atoms with E-state index in [4.69, 9.17) is 0 Å². The van der Waals surface area contributed by atoms with Gasteiger partial charge in [-0.05, 0) is 24.0 Å². The van der Waals surface area contributed by atoms with Crippen LogP contribution in [-0.2, 0) is 11.0 Å². The van der Waals surface area contributed by atoms with E-state index in [-0.39, 0.29) is 0 Å². The molecule has 1 atom stereocenters. The molecule has 2 rings (SSSR count). The number of aryl methyl sites for hydroxylation is 1. The van der Waals surface area contributed by atoms with Gasteiger partial charge in [-0.25, -0.2) is 0 Å². The Labute approximate surface area is 113 Å². The number of hydrogen-bond donors (Lipinski definition) is 2. The van der Waals surface area contributed by atoms with Crippen LogP contribution in [0.5, 0.6) is 0 Å². The summed E-state index contributed by atoms with van der Waals surface area (Å²) in [7, 11) is -4.13. The molecule has 3 nitrogen and oxygen atoms in total. The van der Waals surface area contributed by atoms with Gasteiger partial charge in [0.1, 0.15) is 0 Å². The van der Waals surface area contributed by atoms with E-state index in [2.05, 4.69) is 0 Å². The highest BCUT2D eigenvalue weighted by Crippen LogP contribution is 2.53. The lowest BCUT2D eigenvalue weighted by Gasteiger charge is -2.18. The fraction of sp³-hybridized carbons (Fsp3) is 0.200. The summed E-state index contributed by atoms with van der Waals surface area (Å²) >= 11 is 0. The van der Waals surface area contributed by atoms with Crippen molar-refractivity contribution in [1.29, 1.82) is 0 Å². The second-order valence-electron chi connectivity index (χ2n) is 4.54. The monoisotopic (exact) mass is 276 g/mol. The van der Waals surface area contributed by atoms with Crippen LogP contribution in [0.25, 0.3) is 0 Å². The molecule has 2 aromatic rings. The summed E-state index contributed by atoms with van der Waals surface area (Å²) in [4.78, 5) is 19.0. The van der Waals surface area contributed by atoms with Crippen molar-refractivity contribution in [1.82, 2.24) is 0 Å². The zero-order valence-corrected chi connectivity index (χ0v) is 11.4. The van der Waals surface area contributed by atoms with Crippen molar-refractivity contribution >= 4 is 7.60 Å². The molecule has 0 aliphatic heterocycles. The quantitative estimate of drug-likeness (QED) is 0.821. The molecule has 0 heterocycles. The molecule has 2 aromatic carbocycles. The van der Waals surface area contributed by atoms with Crippen LogP contribution in [0.2, 0.25) is 0 Å². The molecule has 4 heteroatoms. The van der Waals surface area contributed by atoms with Crippen LogP contribution in [0.4, 0.5) is 0 Å². The standard InChI is InChI=1S/C15H17O3P/c16-19(17,18)15(14-9-5-2-6-10-14)12-11-13-7-3-1-4-8-13/h1-10,15H,11-12H2,(H2,16,17,18). The second kappa shape index (κ2) is 6.16. The molecule has 0 saturated carbocycles. The lowest BCUT2D eigenvalue weighted by molar-refractivity contribution is 0.355. The highest BCUT2D eigenvalue weighted by atomic mass is 31.2. The summed E-state index contributed by atoms with van der Waals surface area (Å²) in [5, 5.41) is 0. The molecule has 0 amide bonds. The third-order valence-electron chi connectivity index (χ3n) is 3.14. The van der Waals surface area contributed by atoms with Gasteiger partial charge in [0, 0.05) is 0 Å². The van der Waals surface area contributed by atoms with Gasteiger partial charge in [-0.3, -0.25) is 4.57 Å². The van der Waals surface area contributed by atoms with Gasteiger partial charge in [0.25, 0.3) is 0 Å². The first-order chi connectivity index (χ1) is 9.07. The highest BCUT2D eigenvalue weighted by Gasteiger charge is 2.29. The first kappa shape index (κ1) is 14.0. The minimum absolute atomic E-state index is 0.443. The van der Waals surface area contributed by atoms with E-state index in [1.807, 2.05) is 36.4 Å². The van der Waals surface area contributed by atoms with Gasteiger partial charge >= 0.3 is 7.60 Å². The summed E-state index contributed by atoms with van der Waals surface area (Å²) in [5.41, 5.74) is 1.07. The average molecular weight is 276 g/mol. The average Bonchev–Trinajstić information content (AvgIpc) is 2.40. The number of hydrogen-bond acceptors (Lipinski definition) is 1. The molecule has 2 N–H and O–H groups in total. The Kier molecular flexibility index (Phi) is 4.54. The van der Waals surface area contributed by atoms with Gasteiger partial charge in [0.2, 0.25) is 0 Å². The first-order valence-electron chi connectivity index (χ1n) is 6.21. The van der Waals surface area contributed by atoms with Crippen molar-refractivity contribution < 1.29 is 14.4 Å². The van der Waals surface area contributed by atoms with Crippen LogP contribution in [-0.4, -0.2) is 9.79 Å². The molecule has 0 aliphatic carbocycles. The summed E-state index contributed by atoms with van der Waals surface area (Å²) < 4.78 is 11.6. The largest absolute Gasteiger partial charge is 0.332 e. The van der Waals surface area contributed by atoms with Crippen LogP contribution in [0.3, 0.4) is 0 Å². The van der Waals surface area contributed by atoms with Crippen LogP contribution in [0.1, 0.15) is 23.2 Å². The molecule has 0 fully saturated rings. The second-order valence-corrected chi connectivity index (χ2v) is 6.34. The van der Waals surface area contributed by atoms with E-state index in [0.717, 1.165) is 5.56 Å². The molecule has 100 valence electrons. The fourth-order valence-electron chi connectivity index (χ4n) is 2.15. The molecule has 0 radical (unpaired) electrons. The minimum Gasteiger partial charge on any atom is -0.324 e. The molecule has 1 unspecified atom stereocenters. The molecule has 0 aliphatic rings. The summed E-state index contributed by atoms with van der Waals surface area (Å²) in [5.74, 6) is 0. The Balaban J connectivity index is 2.14. The SMILES string of the molecule is O=P(O)(O)C(CCc1ccccc1)c1ccccc1. The summed E-state index contributed by atoms with van der Waals surface area (Å²) in [6.45, 7) is 0. The van der Waals surface area contributed by atoms with Crippen LogP contribution in [0.15, 0.2) is 60.7 Å². The van der Waals surface area contributed by atoms with Gasteiger partial charge in [-0.1, -0.05) is 60.7 Å². The molecular formula is C15H17O3P. The van der Waals surface area contributed by atoms with Gasteiger partial charge < -0.3 is 9.79 Å². The normalized spacial score (nSPS) is 13.2. The summed E-state index contributed by atoms with van der Waals surface area (Å²) in [6.07, 6.45) is 1.10. The first-order valence-corrected chi connectivity index (χ1v) is 7.89. The van der Waals surface area contributed by atoms with E-state index in [1.165, 1.54) is 0 Å². The Morgan fingerprint density at radius 2 is 1.42 bits per heavy atom. The Morgan fingerprint density at radius 3 is 1.95 bits per heavy atom. The van der Waals surface area contributed by atoms with Crippen molar-refractivity contribution in [2.75, 3.05) is 0 Å². The van der Waals surface area contributed by atoms with Crippen LogP contribution >= 0.6 is 7.60 Å². The van der Waals surface area contributed by atoms with Crippen LogP contribution in [0, 0.1) is 0 Å². The number of rotatable bonds is 5. The minimum atomic E-state index is -4.13. The van der Waals surface area contributed by atoms with Gasteiger partial charge in [0.05, 0.1) is 5.66 Å². The van der Waals surface area contributed by atoms with Crippen molar-refractivity contribution in [3.8, 4) is 0 Å². The van der Waals surface area contributed by atoms with Gasteiger partial charge in [0.15, 0.2) is 0 Å². The van der Waals surface area contributed by atoms with E-state index in [9.17, 15) is 14.4 Å². The topological polar surface area (TPSA) is 57.5 Å². The van der Waals surface area contributed by atoms with Crippen molar-refractivity contribution in [2.45, 2.75) is 18.5 Å². The Hall–Kier alpha value is -1.41. The molecule has 0 bridgehead atoms. The Morgan fingerprint density at radius 1 is 0.895 bits per heavy atom. The maximum absolute atomic E-state index is 11.6. The summed E-state index contributed by atoms with van der Waals surface area (Å²) in [6, 6.07) is 18.8. The maximum atomic E-state index is 11.6. The van der Waals surface area contributed by atoms with Gasteiger partial charge in [-0.15, -0.1) is 0 Å². The van der Waals surface area contributed by atoms with E-state index in [1.54, 1.807) is 24.3 Å². The van der Waals surface area contributed by atoms with E-state index in [0.29, 0.717) is 18.4 Å². The molecule has 19 heavy (non-hydrogen) atoms. The smallest absolute Gasteiger partial charge is 0.324 e. The van der Waals surface area contributed by atoms with Gasteiger partial charge in [-0.2, -0.15) is 0 Å². The predicted octanol–water partition coefficient (Wildman–Crippen LogP) is 3.54. The molecule has 0 spiro atoms. The van der Waals surface area contributed by atoms with Crippen LogP contribution < -0.4 is 0 Å². The van der Waals surface area contributed by atoms with Crippen molar-refractivity contribution in [2.24, 2.45) is 0 Å². The predicted molar refractivity (Wildman–Crippen MR) is 76.0 cm³/mol. The highest BCUT2D eigenvalue weighted by molar-refractivity contribution is 7.52.